The van der Waals surface area contributed by atoms with Gasteiger partial charge in [-0.2, -0.15) is 5.26 Å². The van der Waals surface area contributed by atoms with Gasteiger partial charge in [0.1, 0.15) is 6.07 Å². The van der Waals surface area contributed by atoms with Gasteiger partial charge in [-0.05, 0) is 24.6 Å². The number of nitrogens with zero attached hydrogens (tertiary/aromatic N) is 1. The highest BCUT2D eigenvalue weighted by molar-refractivity contribution is 5.58. The zero-order valence-electron chi connectivity index (χ0n) is 8.57. The van der Waals surface area contributed by atoms with Crippen LogP contribution >= 0.6 is 0 Å². The van der Waals surface area contributed by atoms with E-state index in [1.807, 2.05) is 19.1 Å². The molecule has 0 saturated heterocycles. The van der Waals surface area contributed by atoms with Crippen LogP contribution in [0.3, 0.4) is 0 Å². The fourth-order valence-electron chi connectivity index (χ4n) is 1.19. The van der Waals surface area contributed by atoms with Gasteiger partial charge in [-0.1, -0.05) is 6.07 Å². The Hall–Kier alpha value is -1.57. The third kappa shape index (κ3) is 3.24. The molecule has 80 valence electrons. The van der Waals surface area contributed by atoms with Crippen LogP contribution in [0.1, 0.15) is 11.1 Å². The smallest absolute Gasteiger partial charge is 0.101 e. The van der Waals surface area contributed by atoms with Gasteiger partial charge in [0.05, 0.1) is 24.0 Å². The van der Waals surface area contributed by atoms with E-state index in [1.165, 1.54) is 0 Å². The Kier molecular flexibility index (Phi) is 4.10. The molecule has 1 atom stereocenters. The highest BCUT2D eigenvalue weighted by Gasteiger charge is 2.05. The monoisotopic (exact) mass is 206 g/mol. The third-order valence-corrected chi connectivity index (χ3v) is 2.03. The molecule has 1 aromatic carbocycles. The molecule has 0 aliphatic heterocycles. The number of nitrogens with one attached hydrogen (secondary N) is 1. The summed E-state index contributed by atoms with van der Waals surface area (Å²) < 4.78 is 0. The van der Waals surface area contributed by atoms with Crippen molar-refractivity contribution in [2.75, 3.05) is 18.5 Å². The number of rotatable bonds is 4. The molecule has 0 spiro atoms. The minimum Gasteiger partial charge on any atom is -0.394 e. The topological polar surface area (TPSA) is 76.3 Å². The van der Waals surface area contributed by atoms with Crippen LogP contribution in [-0.4, -0.2) is 29.5 Å². The quantitative estimate of drug-likeness (QED) is 0.675. The van der Waals surface area contributed by atoms with Crippen LogP contribution in [0.4, 0.5) is 5.69 Å². The molecule has 1 aromatic rings. The summed E-state index contributed by atoms with van der Waals surface area (Å²) in [5, 5.41) is 29.5. The largest absolute Gasteiger partial charge is 0.394 e. The molecule has 1 rings (SSSR count). The number of hydrogen-bond acceptors (Lipinski definition) is 4. The van der Waals surface area contributed by atoms with Gasteiger partial charge < -0.3 is 15.5 Å². The van der Waals surface area contributed by atoms with Gasteiger partial charge in [-0.3, -0.25) is 0 Å². The lowest BCUT2D eigenvalue weighted by atomic mass is 10.1. The first-order valence-corrected chi connectivity index (χ1v) is 4.71. The second-order valence-electron chi connectivity index (χ2n) is 3.38. The average Bonchev–Trinajstić information content (AvgIpc) is 2.26. The van der Waals surface area contributed by atoms with Gasteiger partial charge >= 0.3 is 0 Å². The lowest BCUT2D eigenvalue weighted by Crippen LogP contribution is -2.23. The van der Waals surface area contributed by atoms with E-state index < -0.39 is 6.10 Å². The van der Waals surface area contributed by atoms with Crippen LogP contribution in [0.25, 0.3) is 0 Å². The second-order valence-corrected chi connectivity index (χ2v) is 3.38. The summed E-state index contributed by atoms with van der Waals surface area (Å²) in [7, 11) is 0. The van der Waals surface area contributed by atoms with Gasteiger partial charge in [0.2, 0.25) is 0 Å². The Bertz CT molecular complexity index is 371. The van der Waals surface area contributed by atoms with Crippen molar-refractivity contribution in [3.05, 3.63) is 29.3 Å². The summed E-state index contributed by atoms with van der Waals surface area (Å²) in [6, 6.07) is 7.47. The van der Waals surface area contributed by atoms with Crippen molar-refractivity contribution in [2.45, 2.75) is 13.0 Å². The molecule has 15 heavy (non-hydrogen) atoms. The molecule has 0 aromatic heterocycles. The summed E-state index contributed by atoms with van der Waals surface area (Å²) in [5.41, 5.74) is 2.26. The van der Waals surface area contributed by atoms with Gasteiger partial charge in [0.15, 0.2) is 0 Å². The summed E-state index contributed by atoms with van der Waals surface area (Å²) in [4.78, 5) is 0. The first-order valence-electron chi connectivity index (χ1n) is 4.71. The Balaban J connectivity index is 2.75. The molecule has 0 saturated carbocycles. The van der Waals surface area contributed by atoms with E-state index in [0.717, 1.165) is 5.56 Å². The fourth-order valence-corrected chi connectivity index (χ4v) is 1.19. The van der Waals surface area contributed by atoms with Crippen molar-refractivity contribution in [2.24, 2.45) is 0 Å². The maximum absolute atomic E-state index is 9.16. The number of aryl methyl sites for hydroxylation is 1. The maximum atomic E-state index is 9.16. The van der Waals surface area contributed by atoms with Gasteiger partial charge in [0.25, 0.3) is 0 Å². The fraction of sp³-hybridized carbons (Fsp3) is 0.364. The van der Waals surface area contributed by atoms with Crippen LogP contribution < -0.4 is 5.32 Å². The average molecular weight is 206 g/mol. The van der Waals surface area contributed by atoms with Crippen molar-refractivity contribution in [1.82, 2.24) is 0 Å². The first kappa shape index (κ1) is 11.5. The van der Waals surface area contributed by atoms with Crippen molar-refractivity contribution in [3.63, 3.8) is 0 Å². The molecule has 0 heterocycles. The number of benzene rings is 1. The highest BCUT2D eigenvalue weighted by atomic mass is 16.3. The van der Waals surface area contributed by atoms with Gasteiger partial charge in [0, 0.05) is 6.54 Å². The molecule has 0 radical (unpaired) electrons. The van der Waals surface area contributed by atoms with E-state index in [9.17, 15) is 0 Å². The maximum Gasteiger partial charge on any atom is 0.101 e. The minimum atomic E-state index is -0.808. The summed E-state index contributed by atoms with van der Waals surface area (Å²) in [5.74, 6) is 0. The molecule has 4 nitrogen and oxygen atoms in total. The first-order chi connectivity index (χ1) is 7.17. The molecular formula is C11H14N2O2. The SMILES string of the molecule is Cc1ccc(C#N)c(NCC(O)CO)c1. The number of hydrogen-bond donors (Lipinski definition) is 3. The molecule has 1 unspecified atom stereocenters. The minimum absolute atomic E-state index is 0.231. The van der Waals surface area contributed by atoms with Crippen LogP contribution in [0.5, 0.6) is 0 Å². The predicted molar refractivity (Wildman–Crippen MR) is 57.5 cm³/mol. The molecule has 4 heteroatoms. The summed E-state index contributed by atoms with van der Waals surface area (Å²) in [6.45, 7) is 1.87. The van der Waals surface area contributed by atoms with E-state index in [2.05, 4.69) is 11.4 Å². The molecule has 3 N–H and O–H groups in total. The summed E-state index contributed by atoms with van der Waals surface area (Å²) in [6.07, 6.45) is -0.808. The Labute approximate surface area is 88.8 Å². The van der Waals surface area contributed by atoms with Crippen molar-refractivity contribution >= 4 is 5.69 Å². The number of aliphatic hydroxyl groups is 2. The van der Waals surface area contributed by atoms with Crippen LogP contribution in [-0.2, 0) is 0 Å². The standard InChI is InChI=1S/C11H14N2O2/c1-8-2-3-9(5-12)11(4-8)13-6-10(15)7-14/h2-4,10,13-15H,6-7H2,1H3. The van der Waals surface area contributed by atoms with E-state index in [1.54, 1.807) is 6.07 Å². The normalized spacial score (nSPS) is 11.9. The Morgan fingerprint density at radius 1 is 1.53 bits per heavy atom. The molecule has 0 aliphatic carbocycles. The van der Waals surface area contributed by atoms with E-state index in [-0.39, 0.29) is 13.2 Å². The van der Waals surface area contributed by atoms with Gasteiger partial charge in [-0.25, -0.2) is 0 Å². The molecule has 0 amide bonds. The zero-order chi connectivity index (χ0) is 11.3. The molecule has 0 bridgehead atoms. The Morgan fingerprint density at radius 3 is 2.87 bits per heavy atom. The second kappa shape index (κ2) is 5.35. The molecule has 0 fully saturated rings. The molecule has 0 aliphatic rings. The van der Waals surface area contributed by atoms with E-state index in [0.29, 0.717) is 11.3 Å². The Morgan fingerprint density at radius 2 is 2.27 bits per heavy atom. The van der Waals surface area contributed by atoms with Gasteiger partial charge in [-0.15, -0.1) is 0 Å². The number of aliphatic hydroxyl groups excluding tert-OH is 2. The van der Waals surface area contributed by atoms with Crippen molar-refractivity contribution < 1.29 is 10.2 Å². The van der Waals surface area contributed by atoms with E-state index >= 15 is 0 Å². The summed E-state index contributed by atoms with van der Waals surface area (Å²) >= 11 is 0. The zero-order valence-corrected chi connectivity index (χ0v) is 8.57. The number of nitriles is 1. The predicted octanol–water partition coefficient (Wildman–Crippen LogP) is 0.632. The number of anilines is 1. The third-order valence-electron chi connectivity index (χ3n) is 2.03. The van der Waals surface area contributed by atoms with Crippen LogP contribution in [0, 0.1) is 18.3 Å². The van der Waals surface area contributed by atoms with Crippen LogP contribution in [0.2, 0.25) is 0 Å². The van der Waals surface area contributed by atoms with E-state index in [4.69, 9.17) is 15.5 Å². The van der Waals surface area contributed by atoms with Crippen LogP contribution in [0.15, 0.2) is 18.2 Å². The molecular weight excluding hydrogens is 192 g/mol. The van der Waals surface area contributed by atoms with Crippen molar-refractivity contribution in [3.8, 4) is 6.07 Å². The lowest BCUT2D eigenvalue weighted by molar-refractivity contribution is 0.105. The lowest BCUT2D eigenvalue weighted by Gasteiger charge is -2.11. The highest BCUT2D eigenvalue weighted by Crippen LogP contribution is 2.16. The van der Waals surface area contributed by atoms with Crippen molar-refractivity contribution in [1.29, 1.82) is 5.26 Å².